The number of amides is 2. The van der Waals surface area contributed by atoms with Crippen LogP contribution in [0.2, 0.25) is 10.0 Å². The lowest BCUT2D eigenvalue weighted by atomic mass is 9.89. The van der Waals surface area contributed by atoms with Gasteiger partial charge in [-0.15, -0.1) is 0 Å². The third-order valence-corrected chi connectivity index (χ3v) is 6.31. The van der Waals surface area contributed by atoms with E-state index in [2.05, 4.69) is 24.3 Å². The largest absolute Gasteiger partial charge is 0.366 e. The number of piperidine rings is 1. The van der Waals surface area contributed by atoms with Crippen molar-refractivity contribution >= 4 is 40.6 Å². The summed E-state index contributed by atoms with van der Waals surface area (Å²) in [6, 6.07) is 15.5. The van der Waals surface area contributed by atoms with Crippen molar-refractivity contribution < 1.29 is 9.59 Å². The summed E-state index contributed by atoms with van der Waals surface area (Å²) in [6.45, 7) is 1.49. The highest BCUT2D eigenvalue weighted by Crippen LogP contribution is 2.37. The number of likely N-dealkylation sites (tertiary alicyclic amines) is 1. The Kier molecular flexibility index (Phi) is 5.66. The third kappa shape index (κ3) is 3.92. The SMILES string of the molecule is CN1C(=O)C(c2ccc(Cl)cc2Cl)=C(N2CCC(Cc3ccccc3)CC2)C1=O. The minimum absolute atomic E-state index is 0.266. The van der Waals surface area contributed by atoms with Crippen LogP contribution in [0.4, 0.5) is 0 Å². The molecule has 6 heteroatoms. The highest BCUT2D eigenvalue weighted by atomic mass is 35.5. The van der Waals surface area contributed by atoms with E-state index in [1.54, 1.807) is 18.2 Å². The van der Waals surface area contributed by atoms with E-state index in [9.17, 15) is 9.59 Å². The van der Waals surface area contributed by atoms with Gasteiger partial charge in [0.15, 0.2) is 0 Å². The number of carbonyl (C=O) groups is 2. The second-order valence-corrected chi connectivity index (χ2v) is 8.48. The van der Waals surface area contributed by atoms with E-state index in [-0.39, 0.29) is 11.8 Å². The number of hydrogen-bond donors (Lipinski definition) is 0. The molecule has 2 amide bonds. The van der Waals surface area contributed by atoms with Crippen molar-refractivity contribution in [2.75, 3.05) is 20.1 Å². The molecular formula is C23H22Cl2N2O2. The molecule has 2 aromatic carbocycles. The molecule has 4 rings (SSSR count). The van der Waals surface area contributed by atoms with E-state index in [0.717, 1.165) is 32.4 Å². The van der Waals surface area contributed by atoms with Crippen LogP contribution in [0.15, 0.2) is 54.2 Å². The Balaban J connectivity index is 1.59. The average molecular weight is 429 g/mol. The summed E-state index contributed by atoms with van der Waals surface area (Å²) in [7, 11) is 1.52. The van der Waals surface area contributed by atoms with Crippen LogP contribution in [-0.4, -0.2) is 41.8 Å². The van der Waals surface area contributed by atoms with Gasteiger partial charge in [-0.1, -0.05) is 59.6 Å². The van der Waals surface area contributed by atoms with Crippen molar-refractivity contribution in [3.63, 3.8) is 0 Å². The van der Waals surface area contributed by atoms with E-state index >= 15 is 0 Å². The molecule has 4 nitrogen and oxygen atoms in total. The highest BCUT2D eigenvalue weighted by Gasteiger charge is 2.41. The lowest BCUT2D eigenvalue weighted by Crippen LogP contribution is -2.38. The molecule has 2 heterocycles. The molecule has 29 heavy (non-hydrogen) atoms. The molecule has 0 aliphatic carbocycles. The fourth-order valence-corrected chi connectivity index (χ4v) is 4.67. The van der Waals surface area contributed by atoms with Crippen molar-refractivity contribution in [2.24, 2.45) is 5.92 Å². The van der Waals surface area contributed by atoms with Gasteiger partial charge >= 0.3 is 0 Å². The summed E-state index contributed by atoms with van der Waals surface area (Å²) in [4.78, 5) is 28.9. The zero-order valence-electron chi connectivity index (χ0n) is 16.2. The van der Waals surface area contributed by atoms with Crippen molar-refractivity contribution in [2.45, 2.75) is 19.3 Å². The lowest BCUT2D eigenvalue weighted by molar-refractivity contribution is -0.136. The summed E-state index contributed by atoms with van der Waals surface area (Å²) in [6.07, 6.45) is 2.99. The van der Waals surface area contributed by atoms with Crippen LogP contribution in [0.25, 0.3) is 5.57 Å². The Labute approximate surface area is 180 Å². The summed E-state index contributed by atoms with van der Waals surface area (Å²) in [5.74, 6) is -0.0140. The van der Waals surface area contributed by atoms with E-state index < -0.39 is 0 Å². The molecule has 2 aliphatic rings. The molecule has 0 N–H and O–H groups in total. The molecule has 1 saturated heterocycles. The molecule has 0 saturated carbocycles. The van der Waals surface area contributed by atoms with Crippen LogP contribution in [0.1, 0.15) is 24.0 Å². The minimum Gasteiger partial charge on any atom is -0.366 e. The highest BCUT2D eigenvalue weighted by molar-refractivity contribution is 6.41. The maximum Gasteiger partial charge on any atom is 0.277 e. The Bertz CT molecular complexity index is 980. The first-order valence-electron chi connectivity index (χ1n) is 9.76. The van der Waals surface area contributed by atoms with Crippen molar-refractivity contribution in [3.05, 3.63) is 75.4 Å². The number of imide groups is 1. The van der Waals surface area contributed by atoms with Gasteiger partial charge in [0.1, 0.15) is 5.70 Å². The topological polar surface area (TPSA) is 40.6 Å². The summed E-state index contributed by atoms with van der Waals surface area (Å²) >= 11 is 12.4. The molecular weight excluding hydrogens is 407 g/mol. The number of nitrogens with zero attached hydrogens (tertiary/aromatic N) is 2. The van der Waals surface area contributed by atoms with Gasteiger partial charge in [-0.2, -0.15) is 0 Å². The molecule has 0 unspecified atom stereocenters. The second-order valence-electron chi connectivity index (χ2n) is 7.64. The normalized spacial score (nSPS) is 18.2. The van der Waals surface area contributed by atoms with Gasteiger partial charge in [0.25, 0.3) is 11.8 Å². The monoisotopic (exact) mass is 428 g/mol. The number of halogens is 2. The quantitative estimate of drug-likeness (QED) is 0.664. The van der Waals surface area contributed by atoms with Gasteiger partial charge in [-0.3, -0.25) is 14.5 Å². The van der Waals surface area contributed by atoms with Gasteiger partial charge in [-0.05, 0) is 42.9 Å². The Hall–Kier alpha value is -2.30. The number of hydrogen-bond acceptors (Lipinski definition) is 3. The fourth-order valence-electron chi connectivity index (χ4n) is 4.16. The predicted molar refractivity (Wildman–Crippen MR) is 116 cm³/mol. The van der Waals surface area contributed by atoms with Crippen LogP contribution in [0.3, 0.4) is 0 Å². The fraction of sp³-hybridized carbons (Fsp3) is 0.304. The summed E-state index contributed by atoms with van der Waals surface area (Å²) in [5, 5.41) is 0.869. The molecule has 0 atom stereocenters. The lowest BCUT2D eigenvalue weighted by Gasteiger charge is -2.34. The molecule has 0 aromatic heterocycles. The standard InChI is InChI=1S/C23H22Cl2N2O2/c1-26-22(28)20(18-8-7-17(24)14-19(18)25)21(23(26)29)27-11-9-16(10-12-27)13-15-5-3-2-4-6-15/h2-8,14,16H,9-13H2,1H3. The van der Waals surface area contributed by atoms with Gasteiger partial charge in [0, 0.05) is 30.7 Å². The maximum absolute atomic E-state index is 12.9. The van der Waals surface area contributed by atoms with E-state index in [1.165, 1.54) is 17.5 Å². The van der Waals surface area contributed by atoms with Crippen molar-refractivity contribution in [3.8, 4) is 0 Å². The zero-order valence-corrected chi connectivity index (χ0v) is 17.7. The van der Waals surface area contributed by atoms with Gasteiger partial charge in [0.05, 0.1) is 10.6 Å². The minimum atomic E-state index is -0.319. The molecule has 2 aliphatic heterocycles. The first-order valence-corrected chi connectivity index (χ1v) is 10.5. The smallest absolute Gasteiger partial charge is 0.277 e. The van der Waals surface area contributed by atoms with E-state index in [4.69, 9.17) is 23.2 Å². The predicted octanol–water partition coefficient (Wildman–Crippen LogP) is 4.66. The van der Waals surface area contributed by atoms with Gasteiger partial charge in [0.2, 0.25) is 0 Å². The van der Waals surface area contributed by atoms with Crippen LogP contribution >= 0.6 is 23.2 Å². The molecule has 150 valence electrons. The third-order valence-electron chi connectivity index (χ3n) is 5.76. The van der Waals surface area contributed by atoms with Crippen LogP contribution in [0, 0.1) is 5.92 Å². The number of rotatable bonds is 4. The molecule has 1 fully saturated rings. The first-order chi connectivity index (χ1) is 14.0. The molecule has 0 bridgehead atoms. The summed E-state index contributed by atoms with van der Waals surface area (Å²) < 4.78 is 0. The summed E-state index contributed by atoms with van der Waals surface area (Å²) in [5.41, 5.74) is 2.73. The Morgan fingerprint density at radius 2 is 1.66 bits per heavy atom. The van der Waals surface area contributed by atoms with Crippen molar-refractivity contribution in [1.82, 2.24) is 9.80 Å². The van der Waals surface area contributed by atoms with Crippen molar-refractivity contribution in [1.29, 1.82) is 0 Å². The molecule has 0 spiro atoms. The van der Waals surface area contributed by atoms with Crippen LogP contribution in [-0.2, 0) is 16.0 Å². The molecule has 0 radical (unpaired) electrons. The number of benzene rings is 2. The van der Waals surface area contributed by atoms with Gasteiger partial charge in [-0.25, -0.2) is 0 Å². The zero-order chi connectivity index (χ0) is 20.5. The Morgan fingerprint density at radius 1 is 0.966 bits per heavy atom. The first kappa shape index (κ1) is 20.0. The van der Waals surface area contributed by atoms with Crippen LogP contribution in [0.5, 0.6) is 0 Å². The number of likely N-dealkylation sites (N-methyl/N-ethyl adjacent to an activating group) is 1. The van der Waals surface area contributed by atoms with Crippen LogP contribution < -0.4 is 0 Å². The maximum atomic E-state index is 12.9. The Morgan fingerprint density at radius 3 is 2.31 bits per heavy atom. The average Bonchev–Trinajstić information content (AvgIpc) is 2.94. The molecule has 2 aromatic rings. The second kappa shape index (κ2) is 8.21. The number of carbonyl (C=O) groups excluding carboxylic acids is 2. The van der Waals surface area contributed by atoms with E-state index in [1.807, 2.05) is 11.0 Å². The van der Waals surface area contributed by atoms with Gasteiger partial charge < -0.3 is 4.90 Å². The van der Waals surface area contributed by atoms with E-state index in [0.29, 0.717) is 32.8 Å².